The lowest BCUT2D eigenvalue weighted by Crippen LogP contribution is -2.58. The van der Waals surface area contributed by atoms with E-state index in [9.17, 15) is 0 Å². The molecule has 0 amide bonds. The van der Waals surface area contributed by atoms with Crippen LogP contribution in [0.5, 0.6) is 0 Å². The van der Waals surface area contributed by atoms with E-state index in [-0.39, 0.29) is 6.61 Å². The Labute approximate surface area is 91.6 Å². The first-order valence-electron chi connectivity index (χ1n) is 6.46. The van der Waals surface area contributed by atoms with Crippen LogP contribution in [0.3, 0.4) is 0 Å². The van der Waals surface area contributed by atoms with Crippen molar-refractivity contribution < 1.29 is 5.11 Å². The Kier molecular flexibility index (Phi) is 2.71. The molecule has 0 aromatic carbocycles. The van der Waals surface area contributed by atoms with Crippen LogP contribution in [-0.2, 0) is 0 Å². The van der Waals surface area contributed by atoms with Gasteiger partial charge >= 0.3 is 0 Å². The van der Waals surface area contributed by atoms with Gasteiger partial charge in [0.25, 0.3) is 0 Å². The Morgan fingerprint density at radius 1 is 0.933 bits per heavy atom. The lowest BCUT2D eigenvalue weighted by atomic mass is 9.54. The van der Waals surface area contributed by atoms with Crippen molar-refractivity contribution >= 4 is 0 Å². The summed E-state index contributed by atoms with van der Waals surface area (Å²) in [7, 11) is 0. The Hall–Kier alpha value is -0.120. The van der Waals surface area contributed by atoms with Crippen molar-refractivity contribution in [2.45, 2.75) is 38.1 Å². The maximum absolute atomic E-state index is 8.75. The van der Waals surface area contributed by atoms with Crippen molar-refractivity contribution in [3.8, 4) is 0 Å². The van der Waals surface area contributed by atoms with Crippen LogP contribution in [0, 0.1) is 23.7 Å². The van der Waals surface area contributed by atoms with E-state index in [0.717, 1.165) is 23.7 Å². The molecule has 4 aliphatic carbocycles. The molecule has 4 aliphatic rings. The highest BCUT2D eigenvalue weighted by Crippen LogP contribution is 2.53. The Morgan fingerprint density at radius 2 is 1.53 bits per heavy atom. The second kappa shape index (κ2) is 4.04. The van der Waals surface area contributed by atoms with E-state index in [2.05, 4.69) is 10.9 Å². The molecular formula is C12H22N2O. The van der Waals surface area contributed by atoms with Gasteiger partial charge in [-0.1, -0.05) is 0 Å². The minimum atomic E-state index is 0.223. The molecule has 3 nitrogen and oxygen atoms in total. The summed E-state index contributed by atoms with van der Waals surface area (Å²) in [5.74, 6) is 3.91. The normalized spacial score (nSPS) is 47.4. The molecule has 0 atom stereocenters. The van der Waals surface area contributed by atoms with Gasteiger partial charge in [-0.15, -0.1) is 0 Å². The van der Waals surface area contributed by atoms with Crippen molar-refractivity contribution in [3.63, 3.8) is 0 Å². The maximum atomic E-state index is 8.75. The van der Waals surface area contributed by atoms with Crippen LogP contribution in [0.2, 0.25) is 0 Å². The van der Waals surface area contributed by atoms with Gasteiger partial charge in [0, 0.05) is 12.6 Å². The number of aliphatic hydroxyl groups is 1. The lowest BCUT2D eigenvalue weighted by molar-refractivity contribution is -0.0191. The van der Waals surface area contributed by atoms with Crippen molar-refractivity contribution in [3.05, 3.63) is 0 Å². The Balaban J connectivity index is 1.60. The Morgan fingerprint density at radius 3 is 2.07 bits per heavy atom. The molecule has 4 fully saturated rings. The van der Waals surface area contributed by atoms with Crippen LogP contribution < -0.4 is 10.9 Å². The standard InChI is InChI=1S/C12H22N2O/c15-2-1-13-14-12-10-4-8-3-9(6-10)7-11(12)5-8/h8-15H,1-7H2. The van der Waals surface area contributed by atoms with Crippen LogP contribution in [0.15, 0.2) is 0 Å². The highest BCUT2D eigenvalue weighted by molar-refractivity contribution is 5.00. The van der Waals surface area contributed by atoms with Gasteiger partial charge in [0.2, 0.25) is 0 Å². The quantitative estimate of drug-likeness (QED) is 0.477. The summed E-state index contributed by atoms with van der Waals surface area (Å²) in [6.07, 6.45) is 7.32. The molecule has 86 valence electrons. The first-order chi connectivity index (χ1) is 7.36. The molecule has 0 spiro atoms. The fraction of sp³-hybridized carbons (Fsp3) is 1.00. The maximum Gasteiger partial charge on any atom is 0.0569 e. The molecule has 0 heterocycles. The molecule has 0 aliphatic heterocycles. The predicted molar refractivity (Wildman–Crippen MR) is 59.1 cm³/mol. The van der Waals surface area contributed by atoms with E-state index < -0.39 is 0 Å². The van der Waals surface area contributed by atoms with E-state index in [1.807, 2.05) is 0 Å². The second-order valence-electron chi connectivity index (χ2n) is 5.75. The number of hydrogen-bond donors (Lipinski definition) is 3. The van der Waals surface area contributed by atoms with Gasteiger partial charge in [-0.2, -0.15) is 0 Å². The summed E-state index contributed by atoms with van der Waals surface area (Å²) in [6, 6.07) is 0.685. The fourth-order valence-electron chi connectivity index (χ4n) is 4.41. The molecule has 3 N–H and O–H groups in total. The van der Waals surface area contributed by atoms with Crippen molar-refractivity contribution in [2.75, 3.05) is 13.2 Å². The Bertz CT molecular complexity index is 204. The summed E-state index contributed by atoms with van der Waals surface area (Å²) in [5.41, 5.74) is 6.62. The number of hydrogen-bond acceptors (Lipinski definition) is 3. The zero-order valence-electron chi connectivity index (χ0n) is 9.28. The van der Waals surface area contributed by atoms with E-state index in [4.69, 9.17) is 5.11 Å². The van der Waals surface area contributed by atoms with Gasteiger partial charge in [-0.25, -0.2) is 0 Å². The molecule has 15 heavy (non-hydrogen) atoms. The number of nitrogens with one attached hydrogen (secondary N) is 2. The summed E-state index contributed by atoms with van der Waals surface area (Å²) in [6.45, 7) is 0.892. The molecule has 0 unspecified atom stereocenters. The average Bonchev–Trinajstić information content (AvgIpc) is 2.21. The fourth-order valence-corrected chi connectivity index (χ4v) is 4.41. The van der Waals surface area contributed by atoms with Crippen molar-refractivity contribution in [2.24, 2.45) is 23.7 Å². The average molecular weight is 210 g/mol. The zero-order chi connectivity index (χ0) is 10.3. The third kappa shape index (κ3) is 1.81. The SMILES string of the molecule is OCCNNC1C2CC3CC(C2)CC1C3. The highest BCUT2D eigenvalue weighted by Gasteiger charge is 2.47. The third-order valence-electron chi connectivity index (χ3n) is 4.73. The molecule has 0 radical (unpaired) electrons. The van der Waals surface area contributed by atoms with Gasteiger partial charge in [-0.05, 0) is 55.8 Å². The predicted octanol–water partition coefficient (Wildman–Crippen LogP) is 0.898. The van der Waals surface area contributed by atoms with Crippen LogP contribution >= 0.6 is 0 Å². The highest BCUT2D eigenvalue weighted by atomic mass is 16.3. The van der Waals surface area contributed by atoms with Crippen LogP contribution in [0.1, 0.15) is 32.1 Å². The number of hydrazine groups is 1. The zero-order valence-corrected chi connectivity index (χ0v) is 9.28. The molecule has 0 saturated heterocycles. The van der Waals surface area contributed by atoms with Gasteiger partial charge in [0.1, 0.15) is 0 Å². The monoisotopic (exact) mass is 210 g/mol. The number of aliphatic hydroxyl groups excluding tert-OH is 1. The van der Waals surface area contributed by atoms with Crippen LogP contribution in [-0.4, -0.2) is 24.3 Å². The molecule has 4 rings (SSSR count). The first kappa shape index (κ1) is 10.1. The topological polar surface area (TPSA) is 44.3 Å². The molecule has 4 bridgehead atoms. The van der Waals surface area contributed by atoms with E-state index in [1.54, 1.807) is 0 Å². The van der Waals surface area contributed by atoms with Crippen LogP contribution in [0.25, 0.3) is 0 Å². The lowest BCUT2D eigenvalue weighted by Gasteiger charge is -2.54. The summed E-state index contributed by atoms with van der Waals surface area (Å²) in [4.78, 5) is 0. The second-order valence-corrected chi connectivity index (χ2v) is 5.75. The summed E-state index contributed by atoms with van der Waals surface area (Å²) in [5, 5.41) is 8.75. The largest absolute Gasteiger partial charge is 0.395 e. The van der Waals surface area contributed by atoms with Crippen molar-refractivity contribution in [1.82, 2.24) is 10.9 Å². The molecule has 3 heteroatoms. The molecule has 0 aromatic heterocycles. The summed E-state index contributed by atoms with van der Waals surface area (Å²) < 4.78 is 0. The molecular weight excluding hydrogens is 188 g/mol. The minimum Gasteiger partial charge on any atom is -0.395 e. The smallest absolute Gasteiger partial charge is 0.0569 e. The minimum absolute atomic E-state index is 0.223. The van der Waals surface area contributed by atoms with E-state index in [1.165, 1.54) is 32.1 Å². The summed E-state index contributed by atoms with van der Waals surface area (Å²) >= 11 is 0. The van der Waals surface area contributed by atoms with Gasteiger partial charge < -0.3 is 5.11 Å². The van der Waals surface area contributed by atoms with Crippen LogP contribution in [0.4, 0.5) is 0 Å². The van der Waals surface area contributed by atoms with Gasteiger partial charge in [0.15, 0.2) is 0 Å². The van der Waals surface area contributed by atoms with Crippen molar-refractivity contribution in [1.29, 1.82) is 0 Å². The van der Waals surface area contributed by atoms with E-state index in [0.29, 0.717) is 12.6 Å². The molecule has 0 aromatic rings. The molecule has 4 saturated carbocycles. The first-order valence-corrected chi connectivity index (χ1v) is 6.46. The third-order valence-corrected chi connectivity index (χ3v) is 4.73. The van der Waals surface area contributed by atoms with Gasteiger partial charge in [-0.3, -0.25) is 10.9 Å². The number of rotatable bonds is 4. The van der Waals surface area contributed by atoms with Gasteiger partial charge in [0.05, 0.1) is 6.61 Å². The van der Waals surface area contributed by atoms with E-state index >= 15 is 0 Å².